The summed E-state index contributed by atoms with van der Waals surface area (Å²) in [6, 6.07) is 11.8. The van der Waals surface area contributed by atoms with Crippen LogP contribution in [0.25, 0.3) is 16.9 Å². The zero-order chi connectivity index (χ0) is 20.0. The van der Waals surface area contributed by atoms with Crippen LogP contribution in [0, 0.1) is 0 Å². The van der Waals surface area contributed by atoms with Crippen LogP contribution >= 0.6 is 34.8 Å². The topological polar surface area (TPSA) is 73.6 Å². The lowest BCUT2D eigenvalue weighted by molar-refractivity contribution is -0.382. The highest BCUT2D eigenvalue weighted by molar-refractivity contribution is 6.35. The maximum absolute atomic E-state index is 11.9. The highest BCUT2D eigenvalue weighted by atomic mass is 35.5. The number of ether oxygens (including phenoxy) is 2. The highest BCUT2D eigenvalue weighted by Crippen LogP contribution is 2.42. The van der Waals surface area contributed by atoms with Crippen molar-refractivity contribution in [1.82, 2.24) is 9.78 Å². The second kappa shape index (κ2) is 7.39. The van der Waals surface area contributed by atoms with E-state index in [2.05, 4.69) is 5.10 Å². The van der Waals surface area contributed by atoms with E-state index in [0.29, 0.717) is 37.6 Å². The fraction of sp³-hybridized carbons (Fsp3) is 0.158. The number of aromatic nitrogens is 2. The molecule has 1 aliphatic rings. The van der Waals surface area contributed by atoms with Gasteiger partial charge in [-0.1, -0.05) is 46.9 Å². The Morgan fingerprint density at radius 1 is 1.07 bits per heavy atom. The van der Waals surface area contributed by atoms with E-state index in [-0.39, 0.29) is 5.69 Å². The molecule has 1 saturated heterocycles. The number of halogens is 3. The van der Waals surface area contributed by atoms with Crippen molar-refractivity contribution in [3.63, 3.8) is 0 Å². The SMILES string of the molecule is CC1OC(c2c(C(=O)O)nn(-c3ccc(Cl)cc3Cl)c2-c2ccc(Cl)cc2)O1. The predicted molar refractivity (Wildman–Crippen MR) is 105 cm³/mol. The number of carboxylic acids is 1. The van der Waals surface area contributed by atoms with Crippen LogP contribution in [-0.2, 0) is 9.47 Å². The minimum absolute atomic E-state index is 0.187. The molecule has 2 aromatic carbocycles. The van der Waals surface area contributed by atoms with Gasteiger partial charge in [-0.25, -0.2) is 9.48 Å². The van der Waals surface area contributed by atoms with Crippen LogP contribution < -0.4 is 0 Å². The van der Waals surface area contributed by atoms with Crippen molar-refractivity contribution in [1.29, 1.82) is 0 Å². The van der Waals surface area contributed by atoms with Gasteiger partial charge in [0.1, 0.15) is 0 Å². The molecule has 1 aromatic heterocycles. The molecule has 4 rings (SSSR count). The normalized spacial score (nSPS) is 18.7. The number of rotatable bonds is 4. The maximum Gasteiger partial charge on any atom is 0.356 e. The average Bonchev–Trinajstić information content (AvgIpc) is 2.99. The quantitative estimate of drug-likeness (QED) is 0.574. The summed E-state index contributed by atoms with van der Waals surface area (Å²) in [6.07, 6.45) is -1.29. The van der Waals surface area contributed by atoms with Crippen molar-refractivity contribution < 1.29 is 19.4 Å². The third kappa shape index (κ3) is 3.38. The number of hydrogen-bond acceptors (Lipinski definition) is 4. The molecule has 0 bridgehead atoms. The van der Waals surface area contributed by atoms with Crippen LogP contribution in [0.4, 0.5) is 0 Å². The minimum atomic E-state index is -1.21. The first kappa shape index (κ1) is 19.2. The number of nitrogens with zero attached hydrogens (tertiary/aromatic N) is 2. The van der Waals surface area contributed by atoms with Gasteiger partial charge >= 0.3 is 5.97 Å². The molecule has 0 amide bonds. The van der Waals surface area contributed by atoms with E-state index >= 15 is 0 Å². The summed E-state index contributed by atoms with van der Waals surface area (Å²) in [6.45, 7) is 1.72. The van der Waals surface area contributed by atoms with Crippen molar-refractivity contribution in [2.24, 2.45) is 0 Å². The van der Waals surface area contributed by atoms with Crippen LogP contribution in [0.15, 0.2) is 42.5 Å². The Morgan fingerprint density at radius 3 is 2.29 bits per heavy atom. The lowest BCUT2D eigenvalue weighted by Crippen LogP contribution is -2.32. The summed E-state index contributed by atoms with van der Waals surface area (Å²) in [5.41, 5.74) is 1.75. The lowest BCUT2D eigenvalue weighted by atomic mass is 10.0. The Bertz CT molecular complexity index is 1060. The van der Waals surface area contributed by atoms with E-state index in [4.69, 9.17) is 44.3 Å². The molecular weight excluding hydrogens is 427 g/mol. The second-order valence-corrected chi connectivity index (χ2v) is 7.38. The molecule has 1 N–H and O–H groups in total. The van der Waals surface area contributed by atoms with Gasteiger partial charge in [0.2, 0.25) is 0 Å². The van der Waals surface area contributed by atoms with E-state index in [0.717, 1.165) is 0 Å². The predicted octanol–water partition coefficient (Wildman–Crippen LogP) is 5.59. The van der Waals surface area contributed by atoms with Gasteiger partial charge in [0.15, 0.2) is 18.3 Å². The van der Waals surface area contributed by atoms with E-state index in [1.807, 2.05) is 0 Å². The Labute approximate surface area is 175 Å². The molecule has 0 atom stereocenters. The molecule has 0 radical (unpaired) electrons. The zero-order valence-corrected chi connectivity index (χ0v) is 16.7. The molecule has 144 valence electrons. The Balaban J connectivity index is 2.00. The van der Waals surface area contributed by atoms with E-state index in [1.165, 1.54) is 4.68 Å². The monoisotopic (exact) mass is 438 g/mol. The van der Waals surface area contributed by atoms with Gasteiger partial charge in [-0.2, -0.15) is 5.10 Å². The van der Waals surface area contributed by atoms with Gasteiger partial charge in [0.05, 0.1) is 22.0 Å². The smallest absolute Gasteiger partial charge is 0.356 e. The first-order valence-corrected chi connectivity index (χ1v) is 9.37. The van der Waals surface area contributed by atoms with Crippen molar-refractivity contribution >= 4 is 40.8 Å². The molecule has 0 unspecified atom stereocenters. The number of hydrogen-bond donors (Lipinski definition) is 1. The maximum atomic E-state index is 11.9. The van der Waals surface area contributed by atoms with Crippen molar-refractivity contribution in [2.75, 3.05) is 0 Å². The van der Waals surface area contributed by atoms with E-state index in [1.54, 1.807) is 49.4 Å². The van der Waals surface area contributed by atoms with Crippen LogP contribution in [-0.4, -0.2) is 27.1 Å². The van der Waals surface area contributed by atoms with Gasteiger partial charge in [-0.3, -0.25) is 0 Å². The lowest BCUT2D eigenvalue weighted by Gasteiger charge is -2.34. The van der Waals surface area contributed by atoms with Gasteiger partial charge in [-0.05, 0) is 37.3 Å². The van der Waals surface area contributed by atoms with Gasteiger partial charge < -0.3 is 14.6 Å². The Morgan fingerprint density at radius 2 is 1.71 bits per heavy atom. The number of benzene rings is 2. The molecule has 0 aliphatic carbocycles. The molecule has 2 heterocycles. The highest BCUT2D eigenvalue weighted by Gasteiger charge is 2.38. The van der Waals surface area contributed by atoms with E-state index < -0.39 is 18.5 Å². The molecule has 1 aliphatic heterocycles. The molecule has 3 aromatic rings. The molecule has 0 saturated carbocycles. The zero-order valence-electron chi connectivity index (χ0n) is 14.4. The molecule has 6 nitrogen and oxygen atoms in total. The van der Waals surface area contributed by atoms with Gasteiger partial charge in [0, 0.05) is 15.6 Å². The molecular formula is C19H13Cl3N2O4. The molecule has 28 heavy (non-hydrogen) atoms. The standard InChI is InChI=1S/C19H13Cl3N2O4/c1-9-27-19(28-9)15-16(18(25)26)23-24(14-7-6-12(21)8-13(14)22)17(15)10-2-4-11(20)5-3-10/h2-9,19H,1H3,(H,25,26). The van der Waals surface area contributed by atoms with Crippen LogP contribution in [0.1, 0.15) is 29.3 Å². The molecule has 9 heteroatoms. The number of aromatic carboxylic acids is 1. The summed E-state index contributed by atoms with van der Waals surface area (Å²) >= 11 is 18.4. The van der Waals surface area contributed by atoms with Crippen molar-refractivity contribution in [2.45, 2.75) is 19.5 Å². The van der Waals surface area contributed by atoms with Crippen LogP contribution in [0.3, 0.4) is 0 Å². The summed E-state index contributed by atoms with van der Waals surface area (Å²) in [4.78, 5) is 11.9. The molecule has 0 spiro atoms. The fourth-order valence-electron chi connectivity index (χ4n) is 3.02. The first-order chi connectivity index (χ1) is 13.3. The van der Waals surface area contributed by atoms with Crippen molar-refractivity contribution in [3.8, 4) is 16.9 Å². The largest absolute Gasteiger partial charge is 0.476 e. The summed E-state index contributed by atoms with van der Waals surface area (Å²) < 4.78 is 12.6. The summed E-state index contributed by atoms with van der Waals surface area (Å²) in [7, 11) is 0. The third-order valence-corrected chi connectivity index (χ3v) is 5.04. The summed E-state index contributed by atoms with van der Waals surface area (Å²) in [5, 5.41) is 15.3. The van der Waals surface area contributed by atoms with E-state index in [9.17, 15) is 9.90 Å². The first-order valence-electron chi connectivity index (χ1n) is 8.23. The van der Waals surface area contributed by atoms with Crippen LogP contribution in [0.5, 0.6) is 0 Å². The second-order valence-electron chi connectivity index (χ2n) is 6.10. The van der Waals surface area contributed by atoms with Crippen molar-refractivity contribution in [3.05, 3.63) is 68.8 Å². The minimum Gasteiger partial charge on any atom is -0.476 e. The third-order valence-electron chi connectivity index (χ3n) is 4.25. The Kier molecular flexibility index (Phi) is 5.07. The number of carbonyl (C=O) groups is 1. The molecule has 1 fully saturated rings. The fourth-order valence-corrected chi connectivity index (χ4v) is 3.63. The van der Waals surface area contributed by atoms with Crippen LogP contribution in [0.2, 0.25) is 15.1 Å². The Hall–Kier alpha value is -2.09. The van der Waals surface area contributed by atoms with Gasteiger partial charge in [-0.15, -0.1) is 0 Å². The van der Waals surface area contributed by atoms with Gasteiger partial charge in [0.25, 0.3) is 0 Å². The summed E-state index contributed by atoms with van der Waals surface area (Å²) in [5.74, 6) is -1.21. The number of carboxylic acid groups (broad SMARTS) is 1. The average molecular weight is 440 g/mol.